The molecule has 5 heteroatoms. The van der Waals surface area contributed by atoms with Crippen molar-refractivity contribution in [1.29, 1.82) is 0 Å². The Bertz CT molecular complexity index is 568. The zero-order chi connectivity index (χ0) is 12.4. The lowest BCUT2D eigenvalue weighted by atomic mass is 10.1. The topological polar surface area (TPSA) is 63.6 Å². The molecule has 0 bridgehead atoms. The first-order valence-corrected chi connectivity index (χ1v) is 5.63. The van der Waals surface area contributed by atoms with E-state index in [1.165, 1.54) is 0 Å². The number of hydrogen-bond acceptors (Lipinski definition) is 3. The van der Waals surface area contributed by atoms with Crippen molar-refractivity contribution in [3.05, 3.63) is 34.6 Å². The van der Waals surface area contributed by atoms with Gasteiger partial charge in [-0.3, -0.25) is 4.79 Å². The molecule has 0 aliphatic rings. The number of aromatic nitrogens is 4. The van der Waals surface area contributed by atoms with Gasteiger partial charge in [0.25, 0.3) is 5.56 Å². The fourth-order valence-electron chi connectivity index (χ4n) is 1.74. The van der Waals surface area contributed by atoms with E-state index >= 15 is 0 Å². The number of hydrogen-bond donors (Lipinski definition) is 1. The molecule has 0 unspecified atom stereocenters. The molecule has 0 saturated heterocycles. The Morgan fingerprint density at radius 1 is 1.47 bits per heavy atom. The van der Waals surface area contributed by atoms with Crippen LogP contribution in [0.2, 0.25) is 0 Å². The second-order valence-corrected chi connectivity index (χ2v) is 4.57. The highest BCUT2D eigenvalue weighted by molar-refractivity contribution is 5.48. The molecule has 17 heavy (non-hydrogen) atoms. The number of H-pyrrole nitrogens is 1. The molecule has 90 valence electrons. The van der Waals surface area contributed by atoms with Gasteiger partial charge in [0.2, 0.25) is 0 Å². The molecule has 0 atom stereocenters. The summed E-state index contributed by atoms with van der Waals surface area (Å²) >= 11 is 0. The smallest absolute Gasteiger partial charge is 0.251 e. The molecular formula is C12H16N4O. The van der Waals surface area contributed by atoms with E-state index in [1.807, 2.05) is 11.6 Å². The number of rotatable bonds is 3. The number of aryl methyl sites for hydroxylation is 1. The van der Waals surface area contributed by atoms with Crippen LogP contribution in [0, 0.1) is 5.92 Å². The van der Waals surface area contributed by atoms with Crippen LogP contribution in [-0.4, -0.2) is 19.5 Å². The maximum Gasteiger partial charge on any atom is 0.251 e. The second-order valence-electron chi connectivity index (χ2n) is 4.57. The Morgan fingerprint density at radius 2 is 2.24 bits per heavy atom. The maximum absolute atomic E-state index is 11.6. The van der Waals surface area contributed by atoms with Crippen molar-refractivity contribution in [2.75, 3.05) is 0 Å². The molecule has 2 aromatic rings. The van der Waals surface area contributed by atoms with Crippen LogP contribution < -0.4 is 5.56 Å². The molecule has 0 saturated carbocycles. The number of nitrogens with zero attached hydrogens (tertiary/aromatic N) is 3. The lowest BCUT2D eigenvalue weighted by Crippen LogP contribution is -2.12. The quantitative estimate of drug-likeness (QED) is 0.869. The van der Waals surface area contributed by atoms with Gasteiger partial charge in [0.05, 0.1) is 12.5 Å². The van der Waals surface area contributed by atoms with E-state index in [-0.39, 0.29) is 5.56 Å². The second kappa shape index (κ2) is 4.53. The van der Waals surface area contributed by atoms with Gasteiger partial charge < -0.3 is 9.55 Å². The minimum absolute atomic E-state index is 0.119. The molecule has 1 N–H and O–H groups in total. The molecule has 2 aromatic heterocycles. The average molecular weight is 232 g/mol. The molecule has 0 amide bonds. The molecule has 0 radical (unpaired) electrons. The molecule has 0 aliphatic heterocycles. The zero-order valence-electron chi connectivity index (χ0n) is 10.3. The SMILES string of the molecule is CC(C)Cc1cc(=O)[nH]c(-c2cncn2C)n1. The maximum atomic E-state index is 11.6. The molecule has 0 spiro atoms. The molecular weight excluding hydrogens is 216 g/mol. The van der Waals surface area contributed by atoms with Crippen LogP contribution in [-0.2, 0) is 13.5 Å². The molecule has 2 rings (SSSR count). The predicted octanol–water partition coefficient (Wildman–Crippen LogP) is 1.37. The van der Waals surface area contributed by atoms with Gasteiger partial charge in [-0.1, -0.05) is 13.8 Å². The van der Waals surface area contributed by atoms with Crippen LogP contribution in [0.4, 0.5) is 0 Å². The number of nitrogens with one attached hydrogen (secondary N) is 1. The highest BCUT2D eigenvalue weighted by Gasteiger charge is 2.08. The largest absolute Gasteiger partial charge is 0.331 e. The minimum Gasteiger partial charge on any atom is -0.331 e. The summed E-state index contributed by atoms with van der Waals surface area (Å²) in [5, 5.41) is 0. The summed E-state index contributed by atoms with van der Waals surface area (Å²) in [4.78, 5) is 22.8. The van der Waals surface area contributed by atoms with Crippen molar-refractivity contribution in [1.82, 2.24) is 19.5 Å². The van der Waals surface area contributed by atoms with Crippen molar-refractivity contribution in [3.8, 4) is 11.5 Å². The van der Waals surface area contributed by atoms with Gasteiger partial charge in [0.1, 0.15) is 5.69 Å². The van der Waals surface area contributed by atoms with E-state index in [1.54, 1.807) is 18.6 Å². The fraction of sp³-hybridized carbons (Fsp3) is 0.417. The van der Waals surface area contributed by atoms with E-state index in [0.717, 1.165) is 17.8 Å². The summed E-state index contributed by atoms with van der Waals surface area (Å²) in [6, 6.07) is 1.56. The monoisotopic (exact) mass is 232 g/mol. The lowest BCUT2D eigenvalue weighted by Gasteiger charge is -2.06. The standard InChI is InChI=1S/C12H16N4O/c1-8(2)4-9-5-11(17)15-12(14-9)10-6-13-7-16(10)3/h5-8H,4H2,1-3H3,(H,14,15,17). The zero-order valence-corrected chi connectivity index (χ0v) is 10.3. The highest BCUT2D eigenvalue weighted by Crippen LogP contribution is 2.12. The number of aromatic amines is 1. The van der Waals surface area contributed by atoms with Gasteiger partial charge in [-0.25, -0.2) is 9.97 Å². The van der Waals surface area contributed by atoms with Gasteiger partial charge in [-0.2, -0.15) is 0 Å². The average Bonchev–Trinajstić information content (AvgIpc) is 2.62. The third-order valence-electron chi connectivity index (χ3n) is 2.47. The Morgan fingerprint density at radius 3 is 2.82 bits per heavy atom. The summed E-state index contributed by atoms with van der Waals surface area (Å²) in [5.74, 6) is 1.05. The van der Waals surface area contributed by atoms with Crippen molar-refractivity contribution in [3.63, 3.8) is 0 Å². The van der Waals surface area contributed by atoms with Gasteiger partial charge >= 0.3 is 0 Å². The molecule has 0 aliphatic carbocycles. The Labute approximate surface area is 99.6 Å². The Kier molecular flexibility index (Phi) is 3.08. The van der Waals surface area contributed by atoms with Crippen molar-refractivity contribution in [2.45, 2.75) is 20.3 Å². The van der Waals surface area contributed by atoms with Crippen molar-refractivity contribution >= 4 is 0 Å². The third kappa shape index (κ3) is 2.61. The van der Waals surface area contributed by atoms with E-state index < -0.39 is 0 Å². The van der Waals surface area contributed by atoms with Gasteiger partial charge in [-0.05, 0) is 12.3 Å². The van der Waals surface area contributed by atoms with Crippen LogP contribution >= 0.6 is 0 Å². The molecule has 2 heterocycles. The number of imidazole rings is 1. The summed E-state index contributed by atoms with van der Waals surface area (Å²) in [7, 11) is 1.87. The van der Waals surface area contributed by atoms with Gasteiger partial charge in [-0.15, -0.1) is 0 Å². The molecule has 0 fully saturated rings. The molecule has 0 aromatic carbocycles. The van der Waals surface area contributed by atoms with E-state index in [4.69, 9.17) is 0 Å². The third-order valence-corrected chi connectivity index (χ3v) is 2.47. The first-order valence-electron chi connectivity index (χ1n) is 5.63. The highest BCUT2D eigenvalue weighted by atomic mass is 16.1. The van der Waals surface area contributed by atoms with Crippen LogP contribution in [0.15, 0.2) is 23.4 Å². The van der Waals surface area contributed by atoms with E-state index in [9.17, 15) is 4.79 Å². The van der Waals surface area contributed by atoms with E-state index in [0.29, 0.717) is 11.7 Å². The predicted molar refractivity (Wildman–Crippen MR) is 65.6 cm³/mol. The fourth-order valence-corrected chi connectivity index (χ4v) is 1.74. The first kappa shape index (κ1) is 11.6. The summed E-state index contributed by atoms with van der Waals surface area (Å²) < 4.78 is 1.83. The summed E-state index contributed by atoms with van der Waals surface area (Å²) in [6.07, 6.45) is 4.18. The first-order chi connectivity index (χ1) is 8.06. The van der Waals surface area contributed by atoms with Gasteiger partial charge in [0, 0.05) is 18.8 Å². The van der Waals surface area contributed by atoms with E-state index in [2.05, 4.69) is 28.8 Å². The Hall–Kier alpha value is -1.91. The van der Waals surface area contributed by atoms with Crippen molar-refractivity contribution in [2.24, 2.45) is 13.0 Å². The van der Waals surface area contributed by atoms with Gasteiger partial charge in [0.15, 0.2) is 5.82 Å². The summed E-state index contributed by atoms with van der Waals surface area (Å²) in [5.41, 5.74) is 1.51. The normalized spacial score (nSPS) is 11.1. The van der Waals surface area contributed by atoms with Crippen LogP contribution in [0.3, 0.4) is 0 Å². The van der Waals surface area contributed by atoms with Crippen molar-refractivity contribution < 1.29 is 0 Å². The van der Waals surface area contributed by atoms with Crippen LogP contribution in [0.5, 0.6) is 0 Å². The Balaban J connectivity index is 2.45. The van der Waals surface area contributed by atoms with Crippen LogP contribution in [0.25, 0.3) is 11.5 Å². The lowest BCUT2D eigenvalue weighted by molar-refractivity contribution is 0.633. The minimum atomic E-state index is -0.119. The summed E-state index contributed by atoms with van der Waals surface area (Å²) in [6.45, 7) is 4.21. The molecule has 5 nitrogen and oxygen atoms in total. The van der Waals surface area contributed by atoms with Crippen LogP contribution in [0.1, 0.15) is 19.5 Å².